The summed E-state index contributed by atoms with van der Waals surface area (Å²) in [6.45, 7) is 3.94. The highest BCUT2D eigenvalue weighted by Crippen LogP contribution is 2.16. The molecule has 1 amide bonds. The molecule has 0 radical (unpaired) electrons. The lowest BCUT2D eigenvalue weighted by molar-refractivity contribution is 0.0971. The van der Waals surface area contributed by atoms with Crippen molar-refractivity contribution >= 4 is 23.2 Å². The number of hydrogen-bond acceptors (Lipinski definition) is 2. The summed E-state index contributed by atoms with van der Waals surface area (Å²) in [5, 5.41) is 3.09. The van der Waals surface area contributed by atoms with Crippen molar-refractivity contribution in [1.29, 1.82) is 0 Å². The smallest absolute Gasteiger partial charge is 0.257 e. The number of benzene rings is 1. The third-order valence-corrected chi connectivity index (χ3v) is 3.74. The minimum absolute atomic E-state index is 0.285. The summed E-state index contributed by atoms with van der Waals surface area (Å²) in [5.74, 6) is -0.0774. The predicted molar refractivity (Wildman–Crippen MR) is 76.4 cm³/mol. The van der Waals surface area contributed by atoms with E-state index < -0.39 is 5.82 Å². The molecule has 1 heterocycles. The Balaban J connectivity index is 1.93. The molecule has 0 atom stereocenters. The molecule has 5 heteroatoms. The molecule has 1 N–H and O–H groups in total. The summed E-state index contributed by atoms with van der Waals surface area (Å²) in [7, 11) is 0. The highest BCUT2D eigenvalue weighted by Gasteiger charge is 2.19. The van der Waals surface area contributed by atoms with Crippen LogP contribution in [0.15, 0.2) is 24.3 Å². The van der Waals surface area contributed by atoms with Crippen molar-refractivity contribution in [2.24, 2.45) is 5.92 Å². The minimum Gasteiger partial charge on any atom is -0.349 e. The molecule has 19 heavy (non-hydrogen) atoms. The molecule has 1 fully saturated rings. The van der Waals surface area contributed by atoms with Crippen LogP contribution in [0, 0.1) is 11.7 Å². The van der Waals surface area contributed by atoms with Gasteiger partial charge < -0.3 is 4.90 Å². The summed E-state index contributed by atoms with van der Waals surface area (Å²) in [6.07, 6.45) is 2.16. The second-order valence-electron chi connectivity index (χ2n) is 4.94. The SMILES string of the molecule is CC1CCN(C(=S)NC(=O)c2cccc(F)c2)CC1. The number of hydrogen-bond donors (Lipinski definition) is 1. The molecule has 0 bridgehead atoms. The molecule has 1 aromatic rings. The van der Waals surface area contributed by atoms with Gasteiger partial charge in [-0.05, 0) is 49.2 Å². The fraction of sp³-hybridized carbons (Fsp3) is 0.429. The van der Waals surface area contributed by atoms with E-state index >= 15 is 0 Å². The summed E-state index contributed by atoms with van der Waals surface area (Å²) in [4.78, 5) is 13.9. The van der Waals surface area contributed by atoms with E-state index in [0.29, 0.717) is 11.0 Å². The van der Waals surface area contributed by atoms with Crippen LogP contribution in [-0.2, 0) is 0 Å². The van der Waals surface area contributed by atoms with Crippen molar-refractivity contribution in [2.75, 3.05) is 13.1 Å². The Morgan fingerprint density at radius 3 is 2.74 bits per heavy atom. The van der Waals surface area contributed by atoms with Crippen molar-refractivity contribution in [1.82, 2.24) is 10.2 Å². The summed E-state index contributed by atoms with van der Waals surface area (Å²) < 4.78 is 13.0. The Kier molecular flexibility index (Phi) is 4.47. The second-order valence-corrected chi connectivity index (χ2v) is 5.33. The van der Waals surface area contributed by atoms with E-state index in [1.165, 1.54) is 18.2 Å². The highest BCUT2D eigenvalue weighted by molar-refractivity contribution is 7.80. The highest BCUT2D eigenvalue weighted by atomic mass is 32.1. The number of carbonyl (C=O) groups excluding carboxylic acids is 1. The van der Waals surface area contributed by atoms with Gasteiger partial charge in [0.05, 0.1) is 0 Å². The van der Waals surface area contributed by atoms with Gasteiger partial charge in [0, 0.05) is 18.7 Å². The number of thiocarbonyl (C=S) groups is 1. The summed E-state index contributed by atoms with van der Waals surface area (Å²) in [6, 6.07) is 5.59. The minimum atomic E-state index is -0.426. The van der Waals surface area contributed by atoms with Crippen molar-refractivity contribution in [3.8, 4) is 0 Å². The number of nitrogens with zero attached hydrogens (tertiary/aromatic N) is 1. The van der Waals surface area contributed by atoms with Crippen LogP contribution in [0.3, 0.4) is 0 Å². The van der Waals surface area contributed by atoms with E-state index in [2.05, 4.69) is 12.2 Å². The molecule has 0 aromatic heterocycles. The van der Waals surface area contributed by atoms with Gasteiger partial charge in [-0.15, -0.1) is 0 Å². The summed E-state index contributed by atoms with van der Waals surface area (Å²) >= 11 is 5.22. The normalized spacial score (nSPS) is 16.2. The van der Waals surface area contributed by atoms with E-state index in [9.17, 15) is 9.18 Å². The van der Waals surface area contributed by atoms with Crippen molar-refractivity contribution < 1.29 is 9.18 Å². The first-order chi connectivity index (χ1) is 9.06. The third kappa shape index (κ3) is 3.73. The maximum atomic E-state index is 13.0. The van der Waals surface area contributed by atoms with Gasteiger partial charge in [0.2, 0.25) is 0 Å². The van der Waals surface area contributed by atoms with Gasteiger partial charge in [0.1, 0.15) is 5.82 Å². The monoisotopic (exact) mass is 280 g/mol. The molecular weight excluding hydrogens is 263 g/mol. The van der Waals surface area contributed by atoms with Crippen LogP contribution in [0.4, 0.5) is 4.39 Å². The fourth-order valence-corrected chi connectivity index (χ4v) is 2.37. The van der Waals surface area contributed by atoms with Crippen LogP contribution >= 0.6 is 12.2 Å². The van der Waals surface area contributed by atoms with Gasteiger partial charge in [0.25, 0.3) is 5.91 Å². The quantitative estimate of drug-likeness (QED) is 0.803. The molecule has 3 nitrogen and oxygen atoms in total. The zero-order valence-corrected chi connectivity index (χ0v) is 11.7. The van der Waals surface area contributed by atoms with Crippen LogP contribution < -0.4 is 5.32 Å². The number of rotatable bonds is 1. The van der Waals surface area contributed by atoms with Crippen LogP contribution in [-0.4, -0.2) is 29.0 Å². The lowest BCUT2D eigenvalue weighted by Crippen LogP contribution is -2.46. The number of halogens is 1. The number of likely N-dealkylation sites (tertiary alicyclic amines) is 1. The Labute approximate surface area is 117 Å². The topological polar surface area (TPSA) is 32.3 Å². The van der Waals surface area contributed by atoms with E-state index in [-0.39, 0.29) is 11.5 Å². The van der Waals surface area contributed by atoms with Crippen molar-refractivity contribution in [3.05, 3.63) is 35.6 Å². The van der Waals surface area contributed by atoms with Crippen LogP contribution in [0.25, 0.3) is 0 Å². The summed E-state index contributed by atoms with van der Waals surface area (Å²) in [5.41, 5.74) is 0.285. The molecule has 1 aromatic carbocycles. The molecule has 1 aliphatic heterocycles. The van der Waals surface area contributed by atoms with Gasteiger partial charge in [-0.25, -0.2) is 4.39 Å². The van der Waals surface area contributed by atoms with E-state index in [1.54, 1.807) is 6.07 Å². The fourth-order valence-electron chi connectivity index (χ4n) is 2.09. The van der Waals surface area contributed by atoms with Gasteiger partial charge >= 0.3 is 0 Å². The molecule has 0 aliphatic carbocycles. The molecule has 2 rings (SSSR count). The van der Waals surface area contributed by atoms with Gasteiger partial charge in [0.15, 0.2) is 5.11 Å². The van der Waals surface area contributed by atoms with Crippen LogP contribution in [0.2, 0.25) is 0 Å². The third-order valence-electron chi connectivity index (χ3n) is 3.38. The first-order valence-corrected chi connectivity index (χ1v) is 6.83. The first kappa shape index (κ1) is 13.9. The average molecular weight is 280 g/mol. The Bertz CT molecular complexity index is 484. The Morgan fingerprint density at radius 1 is 1.42 bits per heavy atom. The first-order valence-electron chi connectivity index (χ1n) is 6.42. The number of nitrogens with one attached hydrogen (secondary N) is 1. The lowest BCUT2D eigenvalue weighted by atomic mass is 10.00. The van der Waals surface area contributed by atoms with Gasteiger partial charge in [-0.1, -0.05) is 13.0 Å². The number of amides is 1. The van der Waals surface area contributed by atoms with Crippen LogP contribution in [0.1, 0.15) is 30.1 Å². The molecule has 102 valence electrons. The van der Waals surface area contributed by atoms with Crippen LogP contribution in [0.5, 0.6) is 0 Å². The van der Waals surface area contributed by atoms with Gasteiger partial charge in [-0.3, -0.25) is 10.1 Å². The number of carbonyl (C=O) groups is 1. The van der Waals surface area contributed by atoms with E-state index in [1.807, 2.05) is 4.90 Å². The molecule has 0 spiro atoms. The molecule has 1 aliphatic rings. The molecule has 0 saturated carbocycles. The average Bonchev–Trinajstić information content (AvgIpc) is 2.39. The van der Waals surface area contributed by atoms with Gasteiger partial charge in [-0.2, -0.15) is 0 Å². The zero-order chi connectivity index (χ0) is 13.8. The Hall–Kier alpha value is -1.49. The maximum Gasteiger partial charge on any atom is 0.257 e. The molecule has 0 unspecified atom stereocenters. The second kappa shape index (κ2) is 6.10. The lowest BCUT2D eigenvalue weighted by Gasteiger charge is -2.32. The largest absolute Gasteiger partial charge is 0.349 e. The molecular formula is C14H17FN2OS. The zero-order valence-electron chi connectivity index (χ0n) is 10.9. The van der Waals surface area contributed by atoms with E-state index in [0.717, 1.165) is 25.9 Å². The Morgan fingerprint density at radius 2 is 2.11 bits per heavy atom. The standard InChI is InChI=1S/C14H17FN2OS/c1-10-5-7-17(8-6-10)14(19)16-13(18)11-3-2-4-12(15)9-11/h2-4,9-10H,5-8H2,1H3,(H,16,18,19). The number of piperidine rings is 1. The maximum absolute atomic E-state index is 13.0. The predicted octanol–water partition coefficient (Wildman–Crippen LogP) is 2.57. The van der Waals surface area contributed by atoms with E-state index in [4.69, 9.17) is 12.2 Å². The van der Waals surface area contributed by atoms with Crippen molar-refractivity contribution in [3.63, 3.8) is 0 Å². The van der Waals surface area contributed by atoms with Crippen molar-refractivity contribution in [2.45, 2.75) is 19.8 Å². The molecule has 1 saturated heterocycles.